The first-order chi connectivity index (χ1) is 8.91. The van der Waals surface area contributed by atoms with Crippen LogP contribution in [0.5, 0.6) is 0 Å². The number of likely N-dealkylation sites (tertiary alicyclic amines) is 1. The van der Waals surface area contributed by atoms with Gasteiger partial charge in [0.15, 0.2) is 0 Å². The zero-order valence-electron chi connectivity index (χ0n) is 11.1. The van der Waals surface area contributed by atoms with Crippen molar-refractivity contribution >= 4 is 17.6 Å². The van der Waals surface area contributed by atoms with Crippen LogP contribution in [0.2, 0.25) is 0 Å². The molecule has 0 aromatic carbocycles. The highest BCUT2D eigenvalue weighted by Gasteiger charge is 2.37. The van der Waals surface area contributed by atoms with Gasteiger partial charge in [0.25, 0.3) is 0 Å². The molecule has 1 fully saturated rings. The number of hydrazine groups is 1. The second-order valence-electron chi connectivity index (χ2n) is 5.59. The summed E-state index contributed by atoms with van der Waals surface area (Å²) >= 11 is 0. The van der Waals surface area contributed by atoms with Crippen molar-refractivity contribution in [3.63, 3.8) is 0 Å². The van der Waals surface area contributed by atoms with Gasteiger partial charge in [-0.15, -0.1) is 0 Å². The molecule has 2 heterocycles. The van der Waals surface area contributed by atoms with Gasteiger partial charge in [0.05, 0.1) is 6.54 Å². The lowest BCUT2D eigenvalue weighted by Crippen LogP contribution is -2.45. The molecule has 0 saturated carbocycles. The summed E-state index contributed by atoms with van der Waals surface area (Å²) in [6.45, 7) is 4.14. The van der Waals surface area contributed by atoms with Gasteiger partial charge in [-0.25, -0.2) is 10.8 Å². The third kappa shape index (κ3) is 3.08. The number of piperidine rings is 1. The van der Waals surface area contributed by atoms with Gasteiger partial charge in [-0.1, -0.05) is 19.9 Å². The fraction of sp³-hybridized carbons (Fsp3) is 0.462. The fourth-order valence-corrected chi connectivity index (χ4v) is 2.17. The lowest BCUT2D eigenvalue weighted by atomic mass is 9.81. The van der Waals surface area contributed by atoms with Crippen LogP contribution >= 0.6 is 0 Å². The Kier molecular flexibility index (Phi) is 3.53. The summed E-state index contributed by atoms with van der Waals surface area (Å²) in [5.41, 5.74) is 2.99. The first kappa shape index (κ1) is 13.5. The molecule has 102 valence electrons. The van der Waals surface area contributed by atoms with Gasteiger partial charge in [0.1, 0.15) is 5.82 Å². The van der Waals surface area contributed by atoms with E-state index < -0.39 is 0 Å². The van der Waals surface area contributed by atoms with Crippen molar-refractivity contribution in [2.75, 3.05) is 5.43 Å². The molecule has 0 unspecified atom stereocenters. The maximum Gasteiger partial charge on any atom is 0.230 e. The van der Waals surface area contributed by atoms with Crippen LogP contribution in [0.1, 0.15) is 32.3 Å². The summed E-state index contributed by atoms with van der Waals surface area (Å²) in [6.07, 6.45) is 2.40. The minimum atomic E-state index is -0.240. The van der Waals surface area contributed by atoms with Crippen LogP contribution in [0.3, 0.4) is 0 Å². The Morgan fingerprint density at radius 1 is 1.32 bits per heavy atom. The molecule has 0 spiro atoms. The fourth-order valence-electron chi connectivity index (χ4n) is 2.17. The van der Waals surface area contributed by atoms with Crippen LogP contribution in [0, 0.1) is 5.41 Å². The van der Waals surface area contributed by atoms with E-state index in [0.29, 0.717) is 18.7 Å². The number of nitrogen functional groups attached to an aromatic ring is 1. The zero-order chi connectivity index (χ0) is 14.0. The average molecular weight is 262 g/mol. The molecule has 1 aromatic heterocycles. The van der Waals surface area contributed by atoms with Crippen LogP contribution in [-0.2, 0) is 16.1 Å². The zero-order valence-corrected chi connectivity index (χ0v) is 11.1. The van der Waals surface area contributed by atoms with E-state index in [2.05, 4.69) is 10.4 Å². The minimum absolute atomic E-state index is 0.123. The summed E-state index contributed by atoms with van der Waals surface area (Å²) in [5, 5.41) is 0. The van der Waals surface area contributed by atoms with E-state index in [1.165, 1.54) is 4.90 Å². The molecule has 6 nitrogen and oxygen atoms in total. The van der Waals surface area contributed by atoms with E-state index in [4.69, 9.17) is 5.84 Å². The molecule has 1 aliphatic rings. The van der Waals surface area contributed by atoms with Gasteiger partial charge in [0, 0.05) is 19.0 Å². The first-order valence-corrected chi connectivity index (χ1v) is 6.16. The number of aromatic nitrogens is 1. The molecule has 2 amide bonds. The largest absolute Gasteiger partial charge is 0.308 e. The Hall–Kier alpha value is -1.95. The number of carbonyl (C=O) groups excluding carboxylic acids is 2. The van der Waals surface area contributed by atoms with Crippen molar-refractivity contribution < 1.29 is 9.59 Å². The molecule has 1 aliphatic heterocycles. The summed E-state index contributed by atoms with van der Waals surface area (Å²) in [4.78, 5) is 29.4. The van der Waals surface area contributed by atoms with Gasteiger partial charge in [0.2, 0.25) is 11.8 Å². The molecule has 0 radical (unpaired) electrons. The number of pyridine rings is 1. The molecule has 0 aliphatic carbocycles. The van der Waals surface area contributed by atoms with Crippen LogP contribution in [-0.4, -0.2) is 21.7 Å². The van der Waals surface area contributed by atoms with Crippen molar-refractivity contribution in [1.29, 1.82) is 0 Å². The monoisotopic (exact) mass is 262 g/mol. The van der Waals surface area contributed by atoms with Gasteiger partial charge >= 0.3 is 0 Å². The SMILES string of the molecule is CC1(C)CC(=O)N(Cc2ccc(NN)nc2)C(=O)C1. The smallest absolute Gasteiger partial charge is 0.230 e. The second-order valence-corrected chi connectivity index (χ2v) is 5.59. The van der Waals surface area contributed by atoms with Crippen LogP contribution in [0.25, 0.3) is 0 Å². The lowest BCUT2D eigenvalue weighted by molar-refractivity contribution is -0.153. The normalized spacial score (nSPS) is 18.6. The number of imide groups is 1. The summed E-state index contributed by atoms with van der Waals surface area (Å²) < 4.78 is 0. The summed E-state index contributed by atoms with van der Waals surface area (Å²) in [6, 6.07) is 3.50. The van der Waals surface area contributed by atoms with E-state index in [1.807, 2.05) is 13.8 Å². The van der Waals surface area contributed by atoms with E-state index in [0.717, 1.165) is 5.56 Å². The molecular formula is C13H18N4O2. The van der Waals surface area contributed by atoms with E-state index >= 15 is 0 Å². The maximum absolute atomic E-state index is 12.0. The summed E-state index contributed by atoms with van der Waals surface area (Å²) in [7, 11) is 0. The van der Waals surface area contributed by atoms with Crippen molar-refractivity contribution in [2.24, 2.45) is 11.3 Å². The molecule has 19 heavy (non-hydrogen) atoms. The maximum atomic E-state index is 12.0. The predicted molar refractivity (Wildman–Crippen MR) is 70.6 cm³/mol. The molecule has 3 N–H and O–H groups in total. The Balaban J connectivity index is 2.09. The number of hydrogen-bond donors (Lipinski definition) is 2. The Morgan fingerprint density at radius 3 is 2.42 bits per heavy atom. The number of nitrogens with two attached hydrogens (primary N) is 1. The average Bonchev–Trinajstić information content (AvgIpc) is 2.33. The van der Waals surface area contributed by atoms with Gasteiger partial charge in [-0.2, -0.15) is 0 Å². The number of carbonyl (C=O) groups is 2. The van der Waals surface area contributed by atoms with Gasteiger partial charge < -0.3 is 5.43 Å². The topological polar surface area (TPSA) is 88.3 Å². The van der Waals surface area contributed by atoms with Crippen molar-refractivity contribution in [3.05, 3.63) is 23.9 Å². The highest BCUT2D eigenvalue weighted by Crippen LogP contribution is 2.32. The highest BCUT2D eigenvalue weighted by atomic mass is 16.2. The number of rotatable bonds is 3. The first-order valence-electron chi connectivity index (χ1n) is 6.16. The quantitative estimate of drug-likeness (QED) is 0.483. The highest BCUT2D eigenvalue weighted by molar-refractivity contribution is 5.98. The van der Waals surface area contributed by atoms with Gasteiger partial charge in [-0.05, 0) is 17.0 Å². The molecular weight excluding hydrogens is 244 g/mol. The predicted octanol–water partition coefficient (Wildman–Crippen LogP) is 1.04. The van der Waals surface area contributed by atoms with Crippen molar-refractivity contribution in [1.82, 2.24) is 9.88 Å². The number of anilines is 1. The summed E-state index contributed by atoms with van der Waals surface area (Å²) in [5.74, 6) is 5.52. The van der Waals surface area contributed by atoms with Crippen LogP contribution < -0.4 is 11.3 Å². The van der Waals surface area contributed by atoms with Crippen molar-refractivity contribution in [2.45, 2.75) is 33.2 Å². The molecule has 0 atom stereocenters. The Labute approximate surface area is 112 Å². The second kappa shape index (κ2) is 4.97. The minimum Gasteiger partial charge on any atom is -0.308 e. The Bertz CT molecular complexity index is 476. The third-order valence-electron chi connectivity index (χ3n) is 3.17. The van der Waals surface area contributed by atoms with Crippen molar-refractivity contribution in [3.8, 4) is 0 Å². The number of nitrogens with zero attached hydrogens (tertiary/aromatic N) is 2. The molecule has 0 bridgehead atoms. The van der Waals surface area contributed by atoms with Crippen LogP contribution in [0.4, 0.5) is 5.82 Å². The van der Waals surface area contributed by atoms with Gasteiger partial charge in [-0.3, -0.25) is 14.5 Å². The van der Waals surface area contributed by atoms with E-state index in [1.54, 1.807) is 18.3 Å². The van der Waals surface area contributed by atoms with E-state index in [-0.39, 0.29) is 23.8 Å². The number of nitrogens with one attached hydrogen (secondary N) is 1. The lowest BCUT2D eigenvalue weighted by Gasteiger charge is -2.34. The van der Waals surface area contributed by atoms with Crippen LogP contribution in [0.15, 0.2) is 18.3 Å². The Morgan fingerprint density at radius 2 is 1.95 bits per heavy atom. The molecule has 1 saturated heterocycles. The number of hydrogen-bond acceptors (Lipinski definition) is 5. The molecule has 6 heteroatoms. The third-order valence-corrected chi connectivity index (χ3v) is 3.17. The molecule has 2 rings (SSSR count). The molecule has 1 aromatic rings. The number of amides is 2. The van der Waals surface area contributed by atoms with E-state index in [9.17, 15) is 9.59 Å². The standard InChI is InChI=1S/C13H18N4O2/c1-13(2)5-11(18)17(12(19)6-13)8-9-3-4-10(16-14)15-7-9/h3-4,7H,5-6,8,14H2,1-2H3,(H,15,16).